The predicted octanol–water partition coefficient (Wildman–Crippen LogP) is 1.34. The molecule has 2 fully saturated rings. The summed E-state index contributed by atoms with van der Waals surface area (Å²) >= 11 is 2.99. The minimum absolute atomic E-state index is 0.173. The third-order valence-electron chi connectivity index (χ3n) is 5.00. The standard InChI is InChI=1S/C19H31N3O4S2/c1-6-11-27-12-13(23)20-14-16(24)22-15(19(4,5)28-17(14)22)18(25)26-10-9-21(7-2)8-3/h6,14-15,17H,1,7-12H2,2-5H3,(H,20,23)/t14-,15+,17-/m1/s1. The van der Waals surface area contributed by atoms with Crippen LogP contribution in [0.15, 0.2) is 12.7 Å². The summed E-state index contributed by atoms with van der Waals surface area (Å²) < 4.78 is 5.02. The van der Waals surface area contributed by atoms with E-state index in [1.165, 1.54) is 11.8 Å². The molecule has 2 aliphatic rings. The molecular weight excluding hydrogens is 398 g/mol. The Kier molecular flexibility index (Phi) is 8.27. The number of esters is 1. The van der Waals surface area contributed by atoms with Crippen LogP contribution < -0.4 is 5.32 Å². The van der Waals surface area contributed by atoms with Gasteiger partial charge in [0, 0.05) is 17.0 Å². The second kappa shape index (κ2) is 10.0. The van der Waals surface area contributed by atoms with Crippen molar-refractivity contribution in [3.8, 4) is 0 Å². The number of amides is 2. The van der Waals surface area contributed by atoms with Crippen LogP contribution in [0.4, 0.5) is 0 Å². The van der Waals surface area contributed by atoms with Gasteiger partial charge in [-0.2, -0.15) is 0 Å². The molecule has 0 radical (unpaired) electrons. The molecule has 9 heteroatoms. The van der Waals surface area contributed by atoms with Gasteiger partial charge in [0.2, 0.25) is 11.8 Å². The molecule has 3 atom stereocenters. The first-order valence-corrected chi connectivity index (χ1v) is 11.7. The number of hydrogen-bond acceptors (Lipinski definition) is 7. The SMILES string of the molecule is C=CCSCC(=O)N[C@@H]1C(=O)N2[C@@H]1SC(C)(C)[C@@H]2C(=O)OCCN(CC)CC. The molecule has 2 heterocycles. The van der Waals surface area contributed by atoms with Crippen LogP contribution in [-0.4, -0.2) is 87.5 Å². The second-order valence-electron chi connectivity index (χ2n) is 7.30. The van der Waals surface area contributed by atoms with Crippen molar-refractivity contribution in [2.45, 2.75) is 49.9 Å². The number of ether oxygens (including phenoxy) is 1. The average molecular weight is 430 g/mol. The number of carbonyl (C=O) groups excluding carboxylic acids is 3. The zero-order valence-corrected chi connectivity index (χ0v) is 18.7. The highest BCUT2D eigenvalue weighted by molar-refractivity contribution is 8.01. The lowest BCUT2D eigenvalue weighted by Gasteiger charge is -2.44. The van der Waals surface area contributed by atoms with Gasteiger partial charge < -0.3 is 19.9 Å². The van der Waals surface area contributed by atoms with Gasteiger partial charge in [0.25, 0.3) is 0 Å². The smallest absolute Gasteiger partial charge is 0.330 e. The number of β-lactam (4-membered cyclic amide) rings is 1. The second-order valence-corrected chi connectivity index (χ2v) is 10.1. The fourth-order valence-corrected chi connectivity index (χ4v) is 5.64. The summed E-state index contributed by atoms with van der Waals surface area (Å²) in [6.07, 6.45) is 1.74. The lowest BCUT2D eigenvalue weighted by atomic mass is 9.96. The summed E-state index contributed by atoms with van der Waals surface area (Å²) in [6.45, 7) is 14.4. The molecule has 158 valence electrons. The number of nitrogens with zero attached hydrogens (tertiary/aromatic N) is 2. The van der Waals surface area contributed by atoms with Crippen LogP contribution in [0.3, 0.4) is 0 Å². The molecule has 0 aromatic rings. The summed E-state index contributed by atoms with van der Waals surface area (Å²) in [5, 5.41) is 2.58. The quantitative estimate of drug-likeness (QED) is 0.230. The first kappa shape index (κ1) is 23.1. The van der Waals surface area contributed by atoms with Crippen molar-refractivity contribution in [1.29, 1.82) is 0 Å². The van der Waals surface area contributed by atoms with Gasteiger partial charge >= 0.3 is 5.97 Å². The fourth-order valence-electron chi connectivity index (χ4n) is 3.47. The van der Waals surface area contributed by atoms with Gasteiger partial charge in [-0.15, -0.1) is 30.1 Å². The van der Waals surface area contributed by atoms with Crippen LogP contribution in [0, 0.1) is 0 Å². The number of thioether (sulfide) groups is 2. The highest BCUT2D eigenvalue weighted by Crippen LogP contribution is 2.51. The average Bonchev–Trinajstić information content (AvgIpc) is 2.91. The third-order valence-corrected chi connectivity index (χ3v) is 7.51. The Bertz CT molecular complexity index is 610. The Morgan fingerprint density at radius 3 is 2.68 bits per heavy atom. The molecule has 7 nitrogen and oxygen atoms in total. The number of carbonyl (C=O) groups is 3. The molecule has 2 amide bonds. The van der Waals surface area contributed by atoms with Gasteiger partial charge in [-0.1, -0.05) is 19.9 Å². The molecule has 2 aliphatic heterocycles. The van der Waals surface area contributed by atoms with Crippen LogP contribution in [0.2, 0.25) is 0 Å². The van der Waals surface area contributed by atoms with Gasteiger partial charge in [-0.25, -0.2) is 4.79 Å². The molecule has 1 N–H and O–H groups in total. The van der Waals surface area contributed by atoms with Crippen molar-refractivity contribution in [1.82, 2.24) is 15.1 Å². The zero-order valence-electron chi connectivity index (χ0n) is 17.1. The fraction of sp³-hybridized carbons (Fsp3) is 0.737. The zero-order chi connectivity index (χ0) is 20.9. The number of likely N-dealkylation sites (N-methyl/N-ethyl adjacent to an activating group) is 1. The van der Waals surface area contributed by atoms with Crippen LogP contribution in [-0.2, 0) is 19.1 Å². The summed E-state index contributed by atoms with van der Waals surface area (Å²) in [7, 11) is 0. The maximum atomic E-state index is 12.7. The molecule has 0 aliphatic carbocycles. The van der Waals surface area contributed by atoms with Gasteiger partial charge in [0.15, 0.2) is 0 Å². The van der Waals surface area contributed by atoms with Gasteiger partial charge in [0.05, 0.1) is 5.75 Å². The number of hydrogen-bond donors (Lipinski definition) is 1. The molecular formula is C19H31N3O4S2. The third kappa shape index (κ3) is 5.04. The van der Waals surface area contributed by atoms with E-state index in [-0.39, 0.29) is 28.9 Å². The van der Waals surface area contributed by atoms with Crippen LogP contribution >= 0.6 is 23.5 Å². The Morgan fingerprint density at radius 2 is 2.07 bits per heavy atom. The first-order chi connectivity index (χ1) is 13.3. The highest BCUT2D eigenvalue weighted by Gasteiger charge is 2.64. The van der Waals surface area contributed by atoms with E-state index in [0.717, 1.165) is 13.1 Å². The summed E-state index contributed by atoms with van der Waals surface area (Å²) in [5.74, 6) is 0.217. The largest absolute Gasteiger partial charge is 0.463 e. The summed E-state index contributed by atoms with van der Waals surface area (Å²) in [4.78, 5) is 41.2. The molecule has 0 saturated carbocycles. The van der Waals surface area contributed by atoms with E-state index >= 15 is 0 Å². The molecule has 2 rings (SSSR count). The maximum Gasteiger partial charge on any atom is 0.330 e. The van der Waals surface area contributed by atoms with Crippen molar-refractivity contribution >= 4 is 41.3 Å². The Balaban J connectivity index is 1.92. The van der Waals surface area contributed by atoms with Gasteiger partial charge in [-0.3, -0.25) is 9.59 Å². The topological polar surface area (TPSA) is 79.0 Å². The van der Waals surface area contributed by atoms with Crippen molar-refractivity contribution in [2.24, 2.45) is 0 Å². The first-order valence-electron chi connectivity index (χ1n) is 9.63. The molecule has 0 aromatic carbocycles. The lowest BCUT2D eigenvalue weighted by Crippen LogP contribution is -2.70. The molecule has 0 bridgehead atoms. The van der Waals surface area contributed by atoms with Crippen LogP contribution in [0.25, 0.3) is 0 Å². The van der Waals surface area contributed by atoms with E-state index < -0.39 is 16.8 Å². The van der Waals surface area contributed by atoms with E-state index in [9.17, 15) is 14.4 Å². The van der Waals surface area contributed by atoms with Crippen molar-refractivity contribution in [3.05, 3.63) is 12.7 Å². The van der Waals surface area contributed by atoms with E-state index in [0.29, 0.717) is 18.9 Å². The van der Waals surface area contributed by atoms with Gasteiger partial charge in [0.1, 0.15) is 24.1 Å². The van der Waals surface area contributed by atoms with E-state index in [1.807, 2.05) is 13.8 Å². The lowest BCUT2D eigenvalue weighted by molar-refractivity contribution is -0.164. The molecule has 0 aromatic heterocycles. The number of rotatable bonds is 11. The Labute approximate surface area is 176 Å². The maximum absolute atomic E-state index is 12.7. The van der Waals surface area contributed by atoms with Crippen LogP contribution in [0.1, 0.15) is 27.7 Å². The number of fused-ring (bicyclic) bond motifs is 1. The van der Waals surface area contributed by atoms with Gasteiger partial charge in [-0.05, 0) is 26.9 Å². The van der Waals surface area contributed by atoms with Crippen LogP contribution in [0.5, 0.6) is 0 Å². The van der Waals surface area contributed by atoms with E-state index in [1.54, 1.807) is 22.7 Å². The van der Waals surface area contributed by atoms with Crippen molar-refractivity contribution < 1.29 is 19.1 Å². The monoisotopic (exact) mass is 429 g/mol. The Morgan fingerprint density at radius 1 is 1.39 bits per heavy atom. The summed E-state index contributed by atoms with van der Waals surface area (Å²) in [5.41, 5.74) is 0. The van der Waals surface area contributed by atoms with Crippen molar-refractivity contribution in [3.63, 3.8) is 0 Å². The van der Waals surface area contributed by atoms with Crippen molar-refractivity contribution in [2.75, 3.05) is 37.7 Å². The predicted molar refractivity (Wildman–Crippen MR) is 114 cm³/mol. The minimum atomic E-state index is -0.630. The molecule has 2 saturated heterocycles. The highest BCUT2D eigenvalue weighted by atomic mass is 32.2. The minimum Gasteiger partial charge on any atom is -0.463 e. The normalized spacial score (nSPS) is 25.2. The van der Waals surface area contributed by atoms with E-state index in [2.05, 4.69) is 30.6 Å². The molecule has 0 spiro atoms. The number of nitrogens with one attached hydrogen (secondary N) is 1. The summed E-state index contributed by atoms with van der Waals surface area (Å²) in [6, 6.07) is -1.20. The van der Waals surface area contributed by atoms with E-state index in [4.69, 9.17) is 4.74 Å². The molecule has 0 unspecified atom stereocenters. The Hall–Kier alpha value is -1.19. The molecule has 28 heavy (non-hydrogen) atoms.